The lowest BCUT2D eigenvalue weighted by atomic mass is 10.1. The second kappa shape index (κ2) is 10.4. The summed E-state index contributed by atoms with van der Waals surface area (Å²) in [6, 6.07) is -1.01. The molecule has 1 aromatic rings. The van der Waals surface area contributed by atoms with Crippen molar-refractivity contribution in [3.05, 3.63) is 18.5 Å². The van der Waals surface area contributed by atoms with Crippen molar-refractivity contribution in [3.63, 3.8) is 0 Å². The second-order valence-electron chi connectivity index (χ2n) is 6.47. The van der Waals surface area contributed by atoms with Crippen LogP contribution in [0.15, 0.2) is 12.7 Å². The Hall–Kier alpha value is -2.93. The summed E-state index contributed by atoms with van der Waals surface area (Å²) in [5, 5.41) is 14.0. The Morgan fingerprint density at radius 3 is 2.96 bits per heavy atom. The normalized spacial score (nSPS) is 18.2. The first kappa shape index (κ1) is 21.4. The molecule has 1 fully saturated rings. The molecular formula is C18H26N6O4. The van der Waals surface area contributed by atoms with E-state index in [0.29, 0.717) is 18.9 Å². The lowest BCUT2D eigenvalue weighted by Crippen LogP contribution is -2.56. The highest BCUT2D eigenvalue weighted by Gasteiger charge is 2.37. The fourth-order valence-electron chi connectivity index (χ4n) is 3.07. The van der Waals surface area contributed by atoms with Gasteiger partial charge in [-0.1, -0.05) is 18.6 Å². The summed E-state index contributed by atoms with van der Waals surface area (Å²) in [5.41, 5.74) is 0. The van der Waals surface area contributed by atoms with Gasteiger partial charge in [-0.3, -0.25) is 4.79 Å². The molecule has 10 nitrogen and oxygen atoms in total. The van der Waals surface area contributed by atoms with Crippen LogP contribution < -0.4 is 5.32 Å². The van der Waals surface area contributed by atoms with E-state index < -0.39 is 18.2 Å². The Labute approximate surface area is 164 Å². The van der Waals surface area contributed by atoms with Crippen LogP contribution in [0.2, 0.25) is 0 Å². The fourth-order valence-corrected chi connectivity index (χ4v) is 3.07. The zero-order valence-electron chi connectivity index (χ0n) is 16.2. The van der Waals surface area contributed by atoms with Crippen molar-refractivity contribution < 1.29 is 19.1 Å². The molecule has 2 heterocycles. The maximum atomic E-state index is 13.2. The number of likely N-dealkylation sites (tertiary alicyclic amines) is 1. The molecule has 2 amide bonds. The van der Waals surface area contributed by atoms with Crippen molar-refractivity contribution in [2.24, 2.45) is 0 Å². The maximum Gasteiger partial charge on any atom is 0.408 e. The summed E-state index contributed by atoms with van der Waals surface area (Å²) >= 11 is 0. The zero-order chi connectivity index (χ0) is 20.5. The third kappa shape index (κ3) is 5.53. The minimum Gasteiger partial charge on any atom is -0.445 e. The highest BCUT2D eigenvalue weighted by Crippen LogP contribution is 2.21. The fraction of sp³-hybridized carbons (Fsp3) is 0.611. The van der Waals surface area contributed by atoms with Gasteiger partial charge in [-0.15, -0.1) is 11.5 Å². The molecule has 0 spiro atoms. The number of carbonyl (C=O) groups excluding carboxylic acids is 2. The van der Waals surface area contributed by atoms with Crippen LogP contribution in [0.1, 0.15) is 25.6 Å². The van der Waals surface area contributed by atoms with Gasteiger partial charge >= 0.3 is 6.09 Å². The lowest BCUT2D eigenvalue weighted by Gasteiger charge is -2.31. The molecule has 1 aliphatic rings. The first-order valence-corrected chi connectivity index (χ1v) is 9.10. The molecule has 0 radical (unpaired) electrons. The summed E-state index contributed by atoms with van der Waals surface area (Å²) in [4.78, 5) is 27.0. The summed E-state index contributed by atoms with van der Waals surface area (Å²) in [7, 11) is 0. The second-order valence-corrected chi connectivity index (χ2v) is 6.47. The van der Waals surface area contributed by atoms with Crippen molar-refractivity contribution in [1.82, 2.24) is 30.4 Å². The predicted molar refractivity (Wildman–Crippen MR) is 100 cm³/mol. The summed E-state index contributed by atoms with van der Waals surface area (Å²) in [6.07, 6.45) is 7.00. The van der Waals surface area contributed by atoms with Gasteiger partial charge in [-0.2, -0.15) is 0 Å². The SMILES string of the molecule is C#CCO[C@H](C)[C@H](NC(=O)OCC=C)C(=O)N1CCC[C@H]1Cn1nnnc1C. The smallest absolute Gasteiger partial charge is 0.408 e. The van der Waals surface area contributed by atoms with Crippen LogP contribution in [0.4, 0.5) is 4.79 Å². The number of carbonyl (C=O) groups is 2. The van der Waals surface area contributed by atoms with Crippen molar-refractivity contribution >= 4 is 12.0 Å². The maximum absolute atomic E-state index is 13.2. The topological polar surface area (TPSA) is 111 Å². The van der Waals surface area contributed by atoms with Crippen molar-refractivity contribution in [2.45, 2.75) is 51.4 Å². The number of alkyl carbamates (subject to hydrolysis) is 1. The number of rotatable bonds is 9. The number of nitrogens with zero attached hydrogens (tertiary/aromatic N) is 5. The van der Waals surface area contributed by atoms with Crippen LogP contribution in [0, 0.1) is 19.3 Å². The third-order valence-corrected chi connectivity index (χ3v) is 4.53. The lowest BCUT2D eigenvalue weighted by molar-refractivity contribution is -0.138. The molecule has 0 saturated carbocycles. The van der Waals surface area contributed by atoms with E-state index in [1.54, 1.807) is 23.4 Å². The van der Waals surface area contributed by atoms with E-state index in [1.165, 1.54) is 6.08 Å². The van der Waals surface area contributed by atoms with Gasteiger partial charge in [0.25, 0.3) is 0 Å². The number of hydrogen-bond donors (Lipinski definition) is 1. The zero-order valence-corrected chi connectivity index (χ0v) is 16.2. The molecule has 0 bridgehead atoms. The predicted octanol–water partition coefficient (Wildman–Crippen LogP) is 0.292. The standard InChI is InChI=1S/C18H26N6O4/c1-5-10-27-13(3)16(19-18(26)28-11-6-2)17(25)23-9-7-8-15(23)12-24-14(4)20-21-22-24/h1,6,13,15-16H,2,7-12H2,3-4H3,(H,19,26)/t13-,15+,16+/m1/s1. The molecule has 0 unspecified atom stereocenters. The number of amides is 2. The average molecular weight is 390 g/mol. The molecule has 28 heavy (non-hydrogen) atoms. The third-order valence-electron chi connectivity index (χ3n) is 4.53. The molecule has 2 rings (SSSR count). The van der Waals surface area contributed by atoms with Crippen LogP contribution in [0.3, 0.4) is 0 Å². The molecule has 0 aliphatic carbocycles. The van der Waals surface area contributed by atoms with Gasteiger partial charge in [-0.05, 0) is 37.1 Å². The number of hydrogen-bond acceptors (Lipinski definition) is 7. The average Bonchev–Trinajstić information content (AvgIpc) is 3.31. The van der Waals surface area contributed by atoms with E-state index in [2.05, 4.69) is 33.3 Å². The van der Waals surface area contributed by atoms with E-state index in [4.69, 9.17) is 15.9 Å². The first-order valence-electron chi connectivity index (χ1n) is 9.10. The number of aryl methyl sites for hydroxylation is 1. The molecule has 1 aliphatic heterocycles. The van der Waals surface area contributed by atoms with Gasteiger partial charge in [-0.25, -0.2) is 9.48 Å². The Morgan fingerprint density at radius 1 is 1.54 bits per heavy atom. The summed E-state index contributed by atoms with van der Waals surface area (Å²) in [5.74, 6) is 2.78. The molecule has 0 aromatic carbocycles. The van der Waals surface area contributed by atoms with E-state index in [1.807, 2.05) is 0 Å². The molecule has 3 atom stereocenters. The summed E-state index contributed by atoms with van der Waals surface area (Å²) < 4.78 is 12.1. The van der Waals surface area contributed by atoms with E-state index in [9.17, 15) is 9.59 Å². The van der Waals surface area contributed by atoms with Crippen LogP contribution >= 0.6 is 0 Å². The van der Waals surface area contributed by atoms with Crippen LogP contribution in [-0.4, -0.2) is 75.1 Å². The molecule has 10 heteroatoms. The van der Waals surface area contributed by atoms with Crippen molar-refractivity contribution in [3.8, 4) is 12.3 Å². The van der Waals surface area contributed by atoms with Gasteiger partial charge in [0.1, 0.15) is 25.1 Å². The van der Waals surface area contributed by atoms with Gasteiger partial charge in [0.15, 0.2) is 0 Å². The van der Waals surface area contributed by atoms with Gasteiger partial charge in [0.05, 0.1) is 18.7 Å². The van der Waals surface area contributed by atoms with Crippen LogP contribution in [0.25, 0.3) is 0 Å². The van der Waals surface area contributed by atoms with Gasteiger partial charge in [0.2, 0.25) is 5.91 Å². The molecule has 152 valence electrons. The van der Waals surface area contributed by atoms with Crippen LogP contribution in [-0.2, 0) is 20.8 Å². The quantitative estimate of drug-likeness (QED) is 0.476. The Balaban J connectivity index is 2.11. The molecule has 1 N–H and O–H groups in total. The number of tetrazole rings is 1. The van der Waals surface area contributed by atoms with E-state index >= 15 is 0 Å². The molecular weight excluding hydrogens is 364 g/mol. The Kier molecular flexibility index (Phi) is 7.95. The Morgan fingerprint density at radius 2 is 2.32 bits per heavy atom. The van der Waals surface area contributed by atoms with Gasteiger partial charge in [0, 0.05) is 6.54 Å². The van der Waals surface area contributed by atoms with Gasteiger partial charge < -0.3 is 19.7 Å². The number of ether oxygens (including phenoxy) is 2. The van der Waals surface area contributed by atoms with E-state index in [-0.39, 0.29) is 25.2 Å². The monoisotopic (exact) mass is 390 g/mol. The minimum absolute atomic E-state index is 0.0293. The largest absolute Gasteiger partial charge is 0.445 e. The number of aromatic nitrogens is 4. The first-order chi connectivity index (χ1) is 13.5. The highest BCUT2D eigenvalue weighted by molar-refractivity contribution is 5.86. The highest BCUT2D eigenvalue weighted by atomic mass is 16.5. The van der Waals surface area contributed by atoms with Crippen molar-refractivity contribution in [1.29, 1.82) is 0 Å². The van der Waals surface area contributed by atoms with Crippen LogP contribution in [0.5, 0.6) is 0 Å². The van der Waals surface area contributed by atoms with Crippen molar-refractivity contribution in [2.75, 3.05) is 19.8 Å². The van der Waals surface area contributed by atoms with E-state index in [0.717, 1.165) is 12.8 Å². The summed E-state index contributed by atoms with van der Waals surface area (Å²) in [6.45, 7) is 8.11. The molecule has 1 aromatic heterocycles. The Bertz CT molecular complexity index is 728. The molecule has 1 saturated heterocycles. The minimum atomic E-state index is -0.929. The number of nitrogens with one attached hydrogen (secondary N) is 1. The number of terminal acetylenes is 1.